The summed E-state index contributed by atoms with van der Waals surface area (Å²) in [4.78, 5) is 11.6. The summed E-state index contributed by atoms with van der Waals surface area (Å²) in [5.41, 5.74) is -0.257. The maximum Gasteiger partial charge on any atom is 0.432 e. The van der Waals surface area contributed by atoms with Crippen molar-refractivity contribution in [3.05, 3.63) is 42.0 Å². The van der Waals surface area contributed by atoms with E-state index >= 15 is 0 Å². The molecule has 1 aromatic carbocycles. The first kappa shape index (κ1) is 19.0. The van der Waals surface area contributed by atoms with E-state index in [0.717, 1.165) is 12.1 Å². The van der Waals surface area contributed by atoms with E-state index in [4.69, 9.17) is 4.55 Å². The van der Waals surface area contributed by atoms with E-state index in [2.05, 4.69) is 11.3 Å². The first-order chi connectivity index (χ1) is 10.3. The summed E-state index contributed by atoms with van der Waals surface area (Å²) in [7, 11) is -6.47. The molecule has 0 radical (unpaired) electrons. The second-order valence-electron chi connectivity index (χ2n) is 4.19. The van der Waals surface area contributed by atoms with E-state index < -0.39 is 39.2 Å². The number of esters is 1. The molecule has 1 aromatic rings. The molecule has 0 aliphatic heterocycles. The zero-order valence-corrected chi connectivity index (χ0v) is 11.9. The van der Waals surface area contributed by atoms with Gasteiger partial charge in [-0.1, -0.05) is 24.8 Å². The molecule has 23 heavy (non-hydrogen) atoms. The molecule has 0 amide bonds. The van der Waals surface area contributed by atoms with E-state index in [0.29, 0.717) is 0 Å². The lowest BCUT2D eigenvalue weighted by molar-refractivity contribution is -0.248. The molecule has 11 heteroatoms. The fraction of sp³-hybridized carbons (Fsp3) is 0.250. The highest BCUT2D eigenvalue weighted by atomic mass is 32.2. The Morgan fingerprint density at radius 1 is 1.26 bits per heavy atom. The van der Waals surface area contributed by atoms with Crippen LogP contribution in [0, 0.1) is 0 Å². The Balaban J connectivity index is 3.22. The van der Waals surface area contributed by atoms with E-state index in [1.54, 1.807) is 0 Å². The number of alkyl halides is 5. The number of hydrogen-bond acceptors (Lipinski definition) is 4. The molecule has 0 bridgehead atoms. The second kappa shape index (κ2) is 6.24. The molecule has 0 aromatic heterocycles. The van der Waals surface area contributed by atoms with Crippen molar-refractivity contribution in [2.24, 2.45) is 0 Å². The van der Waals surface area contributed by atoms with E-state index in [1.165, 1.54) is 18.2 Å². The summed E-state index contributed by atoms with van der Waals surface area (Å²) < 4.78 is 97.2. The van der Waals surface area contributed by atoms with Gasteiger partial charge in [-0.05, 0) is 17.7 Å². The first-order valence-electron chi connectivity index (χ1n) is 5.65. The summed E-state index contributed by atoms with van der Waals surface area (Å²) in [6.07, 6.45) is -9.08. The van der Waals surface area contributed by atoms with Crippen molar-refractivity contribution in [2.45, 2.75) is 17.5 Å². The monoisotopic (exact) mass is 360 g/mol. The lowest BCUT2D eigenvalue weighted by Crippen LogP contribution is -2.52. The largest absolute Gasteiger partial charge is 0.441 e. The van der Waals surface area contributed by atoms with Crippen LogP contribution in [0.3, 0.4) is 0 Å². The van der Waals surface area contributed by atoms with Crippen LogP contribution in [-0.4, -0.2) is 36.5 Å². The molecular formula is C12H9F5O5S. The number of benzene rings is 1. The number of carbonyl (C=O) groups is 1. The van der Waals surface area contributed by atoms with Gasteiger partial charge in [-0.25, -0.2) is 4.79 Å². The Labute approximate surface area is 127 Å². The van der Waals surface area contributed by atoms with Gasteiger partial charge in [-0.2, -0.15) is 30.4 Å². The van der Waals surface area contributed by atoms with Crippen molar-refractivity contribution >= 4 is 22.2 Å². The quantitative estimate of drug-likeness (QED) is 0.496. The average Bonchev–Trinajstić information content (AvgIpc) is 2.41. The Kier molecular flexibility index (Phi) is 5.16. The summed E-state index contributed by atoms with van der Waals surface area (Å²) in [5, 5.41) is -5.77. The molecule has 5 nitrogen and oxygen atoms in total. The molecule has 0 aliphatic rings. The molecule has 1 unspecified atom stereocenters. The SMILES string of the molecule is C=Cc1cccc(C(=O)OC(C(F)(F)F)C(F)(F)S(=O)(=O)O)c1. The summed E-state index contributed by atoms with van der Waals surface area (Å²) >= 11 is 0. The van der Waals surface area contributed by atoms with Crippen LogP contribution in [0.1, 0.15) is 15.9 Å². The van der Waals surface area contributed by atoms with Crippen LogP contribution in [0.25, 0.3) is 6.08 Å². The summed E-state index contributed by atoms with van der Waals surface area (Å²) in [6, 6.07) is 4.59. The Morgan fingerprint density at radius 3 is 2.26 bits per heavy atom. The molecule has 1 N–H and O–H groups in total. The van der Waals surface area contributed by atoms with Crippen molar-refractivity contribution in [1.82, 2.24) is 0 Å². The molecule has 0 spiro atoms. The van der Waals surface area contributed by atoms with Gasteiger partial charge in [0.05, 0.1) is 5.56 Å². The molecule has 128 valence electrons. The summed E-state index contributed by atoms with van der Waals surface area (Å²) in [5.74, 6) is -1.85. The molecule has 0 saturated carbocycles. The third kappa shape index (κ3) is 4.26. The Morgan fingerprint density at radius 2 is 1.83 bits per heavy atom. The van der Waals surface area contributed by atoms with Crippen LogP contribution in [0.5, 0.6) is 0 Å². The number of carbonyl (C=O) groups excluding carboxylic acids is 1. The van der Waals surface area contributed by atoms with Gasteiger partial charge in [0.2, 0.25) is 0 Å². The first-order valence-corrected chi connectivity index (χ1v) is 7.09. The van der Waals surface area contributed by atoms with Crippen LogP contribution >= 0.6 is 0 Å². The topological polar surface area (TPSA) is 80.7 Å². The van der Waals surface area contributed by atoms with Gasteiger partial charge >= 0.3 is 27.5 Å². The molecule has 0 heterocycles. The van der Waals surface area contributed by atoms with Crippen molar-refractivity contribution in [3.8, 4) is 0 Å². The standard InChI is InChI=1S/C12H9F5O5S/c1-2-7-4-3-5-8(6-7)9(18)22-10(11(13,14)15)12(16,17)23(19,20)21/h2-6,10H,1H2,(H,19,20,21). The lowest BCUT2D eigenvalue weighted by Gasteiger charge is -2.26. The van der Waals surface area contributed by atoms with Crippen LogP contribution in [0.15, 0.2) is 30.8 Å². The van der Waals surface area contributed by atoms with Crippen molar-refractivity contribution in [3.63, 3.8) is 0 Å². The highest BCUT2D eigenvalue weighted by Gasteiger charge is 2.66. The van der Waals surface area contributed by atoms with Crippen LogP contribution in [0.4, 0.5) is 22.0 Å². The second-order valence-corrected chi connectivity index (χ2v) is 5.69. The molecule has 0 aliphatic carbocycles. The molecular weight excluding hydrogens is 351 g/mol. The van der Waals surface area contributed by atoms with E-state index in [9.17, 15) is 35.2 Å². The van der Waals surface area contributed by atoms with E-state index in [-0.39, 0.29) is 5.56 Å². The molecule has 1 atom stereocenters. The lowest BCUT2D eigenvalue weighted by atomic mass is 10.1. The van der Waals surface area contributed by atoms with Gasteiger partial charge in [0.25, 0.3) is 6.10 Å². The number of ether oxygens (including phenoxy) is 1. The predicted octanol–water partition coefficient (Wildman–Crippen LogP) is 2.90. The van der Waals surface area contributed by atoms with Gasteiger partial charge < -0.3 is 4.74 Å². The van der Waals surface area contributed by atoms with Crippen molar-refractivity contribution in [1.29, 1.82) is 0 Å². The molecule has 1 rings (SSSR count). The van der Waals surface area contributed by atoms with Gasteiger partial charge in [-0.15, -0.1) is 0 Å². The molecule has 0 saturated heterocycles. The highest BCUT2D eigenvalue weighted by molar-refractivity contribution is 7.86. The Bertz CT molecular complexity index is 711. The fourth-order valence-corrected chi connectivity index (χ4v) is 1.88. The van der Waals surface area contributed by atoms with Crippen molar-refractivity contribution < 1.29 is 44.5 Å². The van der Waals surface area contributed by atoms with Crippen molar-refractivity contribution in [2.75, 3.05) is 0 Å². The normalized spacial score (nSPS) is 14.2. The Hall–Kier alpha value is -2.01. The van der Waals surface area contributed by atoms with Gasteiger partial charge in [0.1, 0.15) is 0 Å². The smallest absolute Gasteiger partial charge is 0.432 e. The fourth-order valence-electron chi connectivity index (χ4n) is 1.43. The highest BCUT2D eigenvalue weighted by Crippen LogP contribution is 2.38. The minimum Gasteiger partial charge on any atom is -0.441 e. The number of rotatable bonds is 5. The average molecular weight is 360 g/mol. The number of hydrogen-bond donors (Lipinski definition) is 1. The summed E-state index contributed by atoms with van der Waals surface area (Å²) in [6.45, 7) is 3.34. The van der Waals surface area contributed by atoms with E-state index in [1.807, 2.05) is 0 Å². The number of halogens is 5. The zero-order chi connectivity index (χ0) is 18.1. The zero-order valence-electron chi connectivity index (χ0n) is 11.0. The van der Waals surface area contributed by atoms with Crippen LogP contribution < -0.4 is 0 Å². The third-order valence-corrected chi connectivity index (χ3v) is 3.43. The minimum absolute atomic E-state index is 0.282. The van der Waals surface area contributed by atoms with Gasteiger partial charge in [0.15, 0.2) is 0 Å². The molecule has 0 fully saturated rings. The predicted molar refractivity (Wildman–Crippen MR) is 68.3 cm³/mol. The van der Waals surface area contributed by atoms with Gasteiger partial charge in [-0.3, -0.25) is 4.55 Å². The minimum atomic E-state index is -6.47. The van der Waals surface area contributed by atoms with Crippen LogP contribution in [-0.2, 0) is 14.9 Å². The maximum absolute atomic E-state index is 13.3. The van der Waals surface area contributed by atoms with Crippen LogP contribution in [0.2, 0.25) is 0 Å². The maximum atomic E-state index is 13.3. The van der Waals surface area contributed by atoms with Gasteiger partial charge in [0, 0.05) is 0 Å². The third-order valence-electron chi connectivity index (χ3n) is 2.53.